The average Bonchev–Trinajstić information content (AvgIpc) is 2.78. The summed E-state index contributed by atoms with van der Waals surface area (Å²) in [5.74, 6) is 1.71. The molecule has 0 spiro atoms. The zero-order valence-electron chi connectivity index (χ0n) is 20.2. The van der Waals surface area contributed by atoms with Crippen molar-refractivity contribution in [3.63, 3.8) is 0 Å². The summed E-state index contributed by atoms with van der Waals surface area (Å²) in [6.07, 6.45) is 3.71. The van der Waals surface area contributed by atoms with Crippen molar-refractivity contribution in [1.29, 1.82) is 0 Å². The molecule has 0 fully saturated rings. The Labute approximate surface area is 196 Å². The normalized spacial score (nSPS) is 17.3. The maximum Gasteiger partial charge on any atom is 0.134 e. The molecular formula is C29H33FN2O. The minimum atomic E-state index is -0.233. The highest BCUT2D eigenvalue weighted by Crippen LogP contribution is 2.44. The molecule has 1 atom stereocenters. The molecule has 1 aliphatic rings. The second kappa shape index (κ2) is 9.38. The second-order valence-electron chi connectivity index (χ2n) is 9.62. The molecule has 0 radical (unpaired) electrons. The SMILES string of the molecule is CCCN1c2cc(F)c(C=Nc3ccc(Oc4ccccc4C)cc3)cc2C(C)CC1(C)C. The molecule has 172 valence electrons. The summed E-state index contributed by atoms with van der Waals surface area (Å²) < 4.78 is 21.0. The quantitative estimate of drug-likeness (QED) is 0.358. The summed E-state index contributed by atoms with van der Waals surface area (Å²) in [6, 6.07) is 19.1. The van der Waals surface area contributed by atoms with Gasteiger partial charge < -0.3 is 9.64 Å². The predicted octanol–water partition coefficient (Wildman–Crippen LogP) is 8.18. The van der Waals surface area contributed by atoms with Crippen LogP contribution in [0, 0.1) is 12.7 Å². The van der Waals surface area contributed by atoms with Crippen LogP contribution in [-0.4, -0.2) is 18.3 Å². The fourth-order valence-corrected chi connectivity index (χ4v) is 4.81. The van der Waals surface area contributed by atoms with Gasteiger partial charge in [-0.2, -0.15) is 0 Å². The maximum atomic E-state index is 15.1. The van der Waals surface area contributed by atoms with E-state index in [9.17, 15) is 0 Å². The van der Waals surface area contributed by atoms with Crippen LogP contribution >= 0.6 is 0 Å². The molecule has 0 saturated heterocycles. The summed E-state index contributed by atoms with van der Waals surface area (Å²) in [5.41, 5.74) is 4.60. The van der Waals surface area contributed by atoms with E-state index < -0.39 is 0 Å². The number of aliphatic imine (C=N–C) groups is 1. The number of anilines is 1. The Morgan fingerprint density at radius 3 is 2.55 bits per heavy atom. The summed E-state index contributed by atoms with van der Waals surface area (Å²) in [7, 11) is 0. The number of aryl methyl sites for hydroxylation is 1. The number of fused-ring (bicyclic) bond motifs is 1. The molecule has 33 heavy (non-hydrogen) atoms. The van der Waals surface area contributed by atoms with Crippen molar-refractivity contribution in [1.82, 2.24) is 0 Å². The van der Waals surface area contributed by atoms with Gasteiger partial charge in [0.2, 0.25) is 0 Å². The number of para-hydroxylation sites is 1. The summed E-state index contributed by atoms with van der Waals surface area (Å²) in [4.78, 5) is 6.89. The predicted molar refractivity (Wildman–Crippen MR) is 136 cm³/mol. The van der Waals surface area contributed by atoms with E-state index in [-0.39, 0.29) is 11.4 Å². The number of rotatable bonds is 6. The van der Waals surface area contributed by atoms with E-state index in [2.05, 4.69) is 37.6 Å². The fourth-order valence-electron chi connectivity index (χ4n) is 4.81. The number of halogens is 1. The molecule has 3 aromatic rings. The lowest BCUT2D eigenvalue weighted by atomic mass is 9.79. The molecular weight excluding hydrogens is 411 g/mol. The van der Waals surface area contributed by atoms with Crippen LogP contribution in [0.25, 0.3) is 0 Å². The van der Waals surface area contributed by atoms with Gasteiger partial charge in [-0.1, -0.05) is 32.0 Å². The Kier molecular flexibility index (Phi) is 6.55. The molecule has 0 bridgehead atoms. The van der Waals surface area contributed by atoms with Crippen molar-refractivity contribution in [3.05, 3.63) is 83.2 Å². The lowest BCUT2D eigenvalue weighted by Crippen LogP contribution is -2.48. The average molecular weight is 445 g/mol. The molecule has 4 rings (SSSR count). The van der Waals surface area contributed by atoms with Gasteiger partial charge in [-0.05, 0) is 93.1 Å². The number of hydrogen-bond donors (Lipinski definition) is 0. The molecule has 1 unspecified atom stereocenters. The van der Waals surface area contributed by atoms with Gasteiger partial charge in [0, 0.05) is 29.5 Å². The van der Waals surface area contributed by atoms with E-state index in [1.807, 2.05) is 61.5 Å². The van der Waals surface area contributed by atoms with E-state index >= 15 is 4.39 Å². The third kappa shape index (κ3) is 4.95. The Bertz CT molecular complexity index is 1150. The summed E-state index contributed by atoms with van der Waals surface area (Å²) >= 11 is 0. The van der Waals surface area contributed by atoms with E-state index in [1.54, 1.807) is 12.3 Å². The maximum absolute atomic E-state index is 15.1. The monoisotopic (exact) mass is 444 g/mol. The summed E-state index contributed by atoms with van der Waals surface area (Å²) in [5, 5.41) is 0. The number of hydrogen-bond acceptors (Lipinski definition) is 3. The van der Waals surface area contributed by atoms with Crippen LogP contribution in [0.3, 0.4) is 0 Å². The molecule has 1 aliphatic heterocycles. The molecule has 0 aliphatic carbocycles. The molecule has 0 aromatic heterocycles. The Morgan fingerprint density at radius 1 is 1.12 bits per heavy atom. The highest BCUT2D eigenvalue weighted by molar-refractivity contribution is 5.84. The first-order valence-corrected chi connectivity index (χ1v) is 11.8. The van der Waals surface area contributed by atoms with Crippen molar-refractivity contribution >= 4 is 17.6 Å². The standard InChI is InChI=1S/C29H33FN2O/c1-6-15-32-27-17-26(30)22(16-25(27)21(3)18-29(32,4)5)19-31-23-11-13-24(14-12-23)33-28-10-8-7-9-20(28)2/h7-14,16-17,19,21H,6,15,18H2,1-5H3. The van der Waals surface area contributed by atoms with Crippen LogP contribution in [0.4, 0.5) is 15.8 Å². The molecule has 0 N–H and O–H groups in total. The third-order valence-electron chi connectivity index (χ3n) is 6.46. The molecule has 4 heteroatoms. The smallest absolute Gasteiger partial charge is 0.134 e. The van der Waals surface area contributed by atoms with Gasteiger partial charge in [0.15, 0.2) is 0 Å². The minimum absolute atomic E-state index is 0.0204. The van der Waals surface area contributed by atoms with Crippen LogP contribution in [0.15, 0.2) is 65.7 Å². The molecule has 3 nitrogen and oxygen atoms in total. The van der Waals surface area contributed by atoms with Crippen molar-refractivity contribution in [2.24, 2.45) is 4.99 Å². The second-order valence-corrected chi connectivity index (χ2v) is 9.62. The molecule has 1 heterocycles. The van der Waals surface area contributed by atoms with Crippen LogP contribution in [0.5, 0.6) is 11.5 Å². The van der Waals surface area contributed by atoms with Crippen LogP contribution in [-0.2, 0) is 0 Å². The van der Waals surface area contributed by atoms with Gasteiger partial charge in [0.05, 0.1) is 5.69 Å². The third-order valence-corrected chi connectivity index (χ3v) is 6.46. The first kappa shape index (κ1) is 23.0. The number of nitrogens with zero attached hydrogens (tertiary/aromatic N) is 2. The summed E-state index contributed by atoms with van der Waals surface area (Å²) in [6.45, 7) is 11.9. The van der Waals surface area contributed by atoms with E-state index in [1.165, 1.54) is 5.56 Å². The Morgan fingerprint density at radius 2 is 1.85 bits per heavy atom. The highest BCUT2D eigenvalue weighted by atomic mass is 19.1. The van der Waals surface area contributed by atoms with Crippen LogP contribution < -0.4 is 9.64 Å². The Hall–Kier alpha value is -3.14. The lowest BCUT2D eigenvalue weighted by molar-refractivity contribution is 0.375. The fraction of sp³-hybridized carbons (Fsp3) is 0.345. The first-order valence-electron chi connectivity index (χ1n) is 11.8. The molecule has 3 aromatic carbocycles. The van der Waals surface area contributed by atoms with Crippen LogP contribution in [0.2, 0.25) is 0 Å². The molecule has 0 amide bonds. The van der Waals surface area contributed by atoms with Crippen molar-refractivity contribution < 1.29 is 9.13 Å². The number of benzene rings is 3. The van der Waals surface area contributed by atoms with E-state index in [0.717, 1.165) is 47.8 Å². The lowest BCUT2D eigenvalue weighted by Gasteiger charge is -2.47. The van der Waals surface area contributed by atoms with Crippen molar-refractivity contribution in [2.75, 3.05) is 11.4 Å². The van der Waals surface area contributed by atoms with E-state index in [0.29, 0.717) is 11.5 Å². The molecule has 0 saturated carbocycles. The van der Waals surface area contributed by atoms with Gasteiger partial charge in [-0.3, -0.25) is 4.99 Å². The van der Waals surface area contributed by atoms with Crippen molar-refractivity contribution in [2.45, 2.75) is 58.9 Å². The van der Waals surface area contributed by atoms with Crippen LogP contribution in [0.1, 0.15) is 63.1 Å². The van der Waals surface area contributed by atoms with Gasteiger partial charge in [-0.25, -0.2) is 4.39 Å². The first-order chi connectivity index (χ1) is 15.8. The number of ether oxygens (including phenoxy) is 1. The van der Waals surface area contributed by atoms with Gasteiger partial charge >= 0.3 is 0 Å². The van der Waals surface area contributed by atoms with Gasteiger partial charge in [0.25, 0.3) is 0 Å². The Balaban J connectivity index is 1.55. The zero-order chi connectivity index (χ0) is 23.6. The van der Waals surface area contributed by atoms with Gasteiger partial charge in [-0.15, -0.1) is 0 Å². The van der Waals surface area contributed by atoms with Crippen molar-refractivity contribution in [3.8, 4) is 11.5 Å². The van der Waals surface area contributed by atoms with Gasteiger partial charge in [0.1, 0.15) is 17.3 Å². The highest BCUT2D eigenvalue weighted by Gasteiger charge is 2.36. The van der Waals surface area contributed by atoms with E-state index in [4.69, 9.17) is 4.74 Å². The zero-order valence-corrected chi connectivity index (χ0v) is 20.2. The largest absolute Gasteiger partial charge is 0.457 e. The topological polar surface area (TPSA) is 24.8 Å². The minimum Gasteiger partial charge on any atom is -0.457 e.